The van der Waals surface area contributed by atoms with Crippen LogP contribution in [0.4, 0.5) is 0 Å². The summed E-state index contributed by atoms with van der Waals surface area (Å²) >= 11 is 3.68. The van der Waals surface area contributed by atoms with Crippen LogP contribution in [0.2, 0.25) is 0 Å². The molecule has 1 aromatic carbocycles. The maximum Gasteiger partial charge on any atom is 0.276 e. The summed E-state index contributed by atoms with van der Waals surface area (Å²) in [6.45, 7) is 3.51. The lowest BCUT2D eigenvalue weighted by Gasteiger charge is -2.30. The molecule has 2 N–H and O–H groups in total. The second kappa shape index (κ2) is 10.6. The lowest BCUT2D eigenvalue weighted by atomic mass is 9.84. The van der Waals surface area contributed by atoms with Gasteiger partial charge in [-0.25, -0.2) is 4.72 Å². The summed E-state index contributed by atoms with van der Waals surface area (Å²) in [6.07, 6.45) is 7.68. The van der Waals surface area contributed by atoms with E-state index >= 15 is 0 Å². The number of rotatable bonds is 9. The highest BCUT2D eigenvalue weighted by Crippen LogP contribution is 2.30. The van der Waals surface area contributed by atoms with Crippen molar-refractivity contribution >= 4 is 26.1 Å². The van der Waals surface area contributed by atoms with E-state index in [1.165, 1.54) is 43.0 Å². The molecule has 1 aliphatic heterocycles. The van der Waals surface area contributed by atoms with E-state index in [2.05, 4.69) is 42.4 Å². The molecule has 3 rings (SSSR count). The standard InChI is InChI=1S/C21H34BrN3O3S/c1-23-29(26,27)24-19-5-3-16(4-6-19)9-11-25-12-10-17(15-25)13-18-14-20(28-2)7-8-21(18)22/h7-8,14,16-17,19,23-24H,3-6,9-13,15H2,1-2H3/t16-,17?,19-. The van der Waals surface area contributed by atoms with Crippen molar-refractivity contribution in [2.24, 2.45) is 11.8 Å². The first-order valence-electron chi connectivity index (χ1n) is 10.6. The predicted molar refractivity (Wildman–Crippen MR) is 120 cm³/mol. The largest absolute Gasteiger partial charge is 0.497 e. The molecule has 2 aliphatic rings. The summed E-state index contributed by atoms with van der Waals surface area (Å²) in [6, 6.07) is 6.30. The van der Waals surface area contributed by atoms with Crippen LogP contribution in [-0.2, 0) is 16.6 Å². The van der Waals surface area contributed by atoms with Crippen LogP contribution in [0, 0.1) is 11.8 Å². The Morgan fingerprint density at radius 1 is 1.17 bits per heavy atom. The monoisotopic (exact) mass is 487 g/mol. The lowest BCUT2D eigenvalue weighted by molar-refractivity contribution is 0.245. The fourth-order valence-corrected chi connectivity index (χ4v) is 5.84. The molecule has 0 aromatic heterocycles. The average molecular weight is 488 g/mol. The van der Waals surface area contributed by atoms with E-state index in [1.54, 1.807) is 7.11 Å². The van der Waals surface area contributed by atoms with Crippen molar-refractivity contribution in [1.29, 1.82) is 0 Å². The quantitative estimate of drug-likeness (QED) is 0.560. The Hall–Kier alpha value is -0.670. The third-order valence-corrected chi connectivity index (χ3v) is 8.38. The minimum Gasteiger partial charge on any atom is -0.497 e. The predicted octanol–water partition coefficient (Wildman–Crippen LogP) is 3.32. The molecule has 1 saturated heterocycles. The van der Waals surface area contributed by atoms with Crippen molar-refractivity contribution in [2.75, 3.05) is 33.8 Å². The Kier molecular flexibility index (Phi) is 8.39. The smallest absolute Gasteiger partial charge is 0.276 e. The fourth-order valence-electron chi connectivity index (χ4n) is 4.64. The molecule has 6 nitrogen and oxygen atoms in total. The van der Waals surface area contributed by atoms with Gasteiger partial charge in [0.2, 0.25) is 0 Å². The molecule has 2 fully saturated rings. The normalized spacial score (nSPS) is 26.0. The molecule has 8 heteroatoms. The summed E-state index contributed by atoms with van der Waals surface area (Å²) in [7, 11) is -0.157. The molecular weight excluding hydrogens is 454 g/mol. The molecule has 1 aliphatic carbocycles. The second-order valence-corrected chi connectivity index (χ2v) is 11.0. The number of hydrogen-bond donors (Lipinski definition) is 2. The van der Waals surface area contributed by atoms with Gasteiger partial charge in [-0.1, -0.05) is 15.9 Å². The lowest BCUT2D eigenvalue weighted by Crippen LogP contribution is -2.43. The Balaban J connectivity index is 1.38. The van der Waals surface area contributed by atoms with Crippen LogP contribution in [-0.4, -0.2) is 53.2 Å². The summed E-state index contributed by atoms with van der Waals surface area (Å²) in [5.74, 6) is 2.34. The second-order valence-electron chi connectivity index (χ2n) is 8.45. The summed E-state index contributed by atoms with van der Waals surface area (Å²) in [5, 5.41) is 0. The van der Waals surface area contributed by atoms with Crippen molar-refractivity contribution in [3.05, 3.63) is 28.2 Å². The van der Waals surface area contributed by atoms with Gasteiger partial charge in [0.15, 0.2) is 0 Å². The van der Waals surface area contributed by atoms with Crippen LogP contribution < -0.4 is 14.2 Å². The van der Waals surface area contributed by atoms with Crippen LogP contribution in [0.5, 0.6) is 5.75 Å². The number of halogens is 1. The maximum atomic E-state index is 11.6. The molecule has 164 valence electrons. The van der Waals surface area contributed by atoms with Gasteiger partial charge in [0, 0.05) is 24.1 Å². The van der Waals surface area contributed by atoms with Gasteiger partial charge >= 0.3 is 0 Å². The van der Waals surface area contributed by atoms with E-state index < -0.39 is 10.2 Å². The van der Waals surface area contributed by atoms with E-state index in [0.717, 1.165) is 50.3 Å². The molecule has 29 heavy (non-hydrogen) atoms. The van der Waals surface area contributed by atoms with E-state index in [1.807, 2.05) is 6.07 Å². The Labute approximate surface area is 184 Å². The van der Waals surface area contributed by atoms with Gasteiger partial charge < -0.3 is 9.64 Å². The minimum atomic E-state index is -3.32. The maximum absolute atomic E-state index is 11.6. The topological polar surface area (TPSA) is 70.7 Å². The fraction of sp³-hybridized carbons (Fsp3) is 0.714. The van der Waals surface area contributed by atoms with Crippen molar-refractivity contribution in [3.8, 4) is 5.75 Å². The Morgan fingerprint density at radius 3 is 2.62 bits per heavy atom. The van der Waals surface area contributed by atoms with E-state index in [-0.39, 0.29) is 6.04 Å². The van der Waals surface area contributed by atoms with Gasteiger partial charge in [-0.2, -0.15) is 13.1 Å². The molecule has 0 radical (unpaired) electrons. The number of ether oxygens (including phenoxy) is 1. The van der Waals surface area contributed by atoms with Crippen molar-refractivity contribution < 1.29 is 13.2 Å². The van der Waals surface area contributed by atoms with Crippen molar-refractivity contribution in [1.82, 2.24) is 14.3 Å². The van der Waals surface area contributed by atoms with Gasteiger partial charge in [-0.05, 0) is 93.6 Å². The molecule has 1 saturated carbocycles. The Morgan fingerprint density at radius 2 is 1.93 bits per heavy atom. The van der Waals surface area contributed by atoms with Gasteiger partial charge in [0.05, 0.1) is 7.11 Å². The van der Waals surface area contributed by atoms with E-state index in [4.69, 9.17) is 4.74 Å². The zero-order valence-electron chi connectivity index (χ0n) is 17.5. The van der Waals surface area contributed by atoms with Gasteiger partial charge in [0.1, 0.15) is 5.75 Å². The van der Waals surface area contributed by atoms with Gasteiger partial charge in [-0.15, -0.1) is 0 Å². The number of nitrogens with one attached hydrogen (secondary N) is 2. The number of hydrogen-bond acceptors (Lipinski definition) is 4. The van der Waals surface area contributed by atoms with Crippen molar-refractivity contribution in [3.63, 3.8) is 0 Å². The molecule has 1 atom stereocenters. The number of nitrogens with zero attached hydrogens (tertiary/aromatic N) is 1. The summed E-state index contributed by atoms with van der Waals surface area (Å²) in [4.78, 5) is 2.61. The first-order chi connectivity index (χ1) is 13.9. The molecule has 0 amide bonds. The highest BCUT2D eigenvalue weighted by molar-refractivity contribution is 9.10. The molecule has 0 spiro atoms. The molecular formula is C21H34BrN3O3S. The van der Waals surface area contributed by atoms with E-state index in [0.29, 0.717) is 5.92 Å². The zero-order chi connectivity index (χ0) is 20.9. The highest BCUT2D eigenvalue weighted by atomic mass is 79.9. The third kappa shape index (κ3) is 6.92. The van der Waals surface area contributed by atoms with Crippen LogP contribution >= 0.6 is 15.9 Å². The Bertz CT molecular complexity index is 766. The third-order valence-electron chi connectivity index (χ3n) is 6.42. The average Bonchev–Trinajstić information content (AvgIpc) is 3.16. The molecule has 0 bridgehead atoms. The van der Waals surface area contributed by atoms with Gasteiger partial charge in [0.25, 0.3) is 10.2 Å². The van der Waals surface area contributed by atoms with Crippen molar-refractivity contribution in [2.45, 2.75) is 51.0 Å². The first kappa shape index (κ1) is 23.0. The zero-order valence-corrected chi connectivity index (χ0v) is 19.9. The highest BCUT2D eigenvalue weighted by Gasteiger charge is 2.27. The van der Waals surface area contributed by atoms with Crippen LogP contribution in [0.25, 0.3) is 0 Å². The minimum absolute atomic E-state index is 0.0844. The summed E-state index contributed by atoms with van der Waals surface area (Å²) < 4.78 is 34.9. The first-order valence-corrected chi connectivity index (χ1v) is 12.9. The summed E-state index contributed by atoms with van der Waals surface area (Å²) in [5.41, 5.74) is 1.33. The van der Waals surface area contributed by atoms with Crippen LogP contribution in [0.1, 0.15) is 44.1 Å². The number of likely N-dealkylation sites (tertiary alicyclic amines) is 1. The number of benzene rings is 1. The van der Waals surface area contributed by atoms with Crippen LogP contribution in [0.3, 0.4) is 0 Å². The molecule has 1 aromatic rings. The SMILES string of the molecule is CNS(=O)(=O)N[C@H]1CC[C@H](CCN2CCC(Cc3cc(OC)ccc3Br)C2)CC1. The van der Waals surface area contributed by atoms with Gasteiger partial charge in [-0.3, -0.25) is 0 Å². The molecule has 1 unspecified atom stereocenters. The molecule has 1 heterocycles. The number of methoxy groups -OCH3 is 1. The van der Waals surface area contributed by atoms with E-state index in [9.17, 15) is 8.42 Å². The van der Waals surface area contributed by atoms with Crippen LogP contribution in [0.15, 0.2) is 22.7 Å².